The number of nitrogens with zero attached hydrogens (tertiary/aromatic N) is 5. The Hall–Kier alpha value is -3.07. The molecule has 4 aromatic heterocycles. The normalized spacial score (nSPS) is 11.5. The van der Waals surface area contributed by atoms with Gasteiger partial charge in [0.1, 0.15) is 11.3 Å². The third-order valence-electron chi connectivity index (χ3n) is 5.87. The lowest BCUT2D eigenvalue weighted by Crippen LogP contribution is -1.98. The highest BCUT2D eigenvalue weighted by Gasteiger charge is 2.21. The number of rotatable bonds is 9. The SMILES string of the molecule is Cc1nn2ccc(CCCCCN)cc2c1-c1nc(Cc2ccc(Cl)cc2)c(-c2ncn[nH]2)s1. The van der Waals surface area contributed by atoms with E-state index in [2.05, 4.69) is 27.3 Å². The Kier molecular flexibility index (Phi) is 6.71. The molecule has 1 aromatic carbocycles. The molecule has 4 heterocycles. The van der Waals surface area contributed by atoms with Gasteiger partial charge in [0.05, 0.1) is 27.3 Å². The third-order valence-corrected chi connectivity index (χ3v) is 7.24. The minimum atomic E-state index is 0.675. The summed E-state index contributed by atoms with van der Waals surface area (Å²) in [5.74, 6) is 0.724. The van der Waals surface area contributed by atoms with Crippen molar-refractivity contribution in [3.63, 3.8) is 0 Å². The maximum absolute atomic E-state index is 6.08. The minimum absolute atomic E-state index is 0.675. The highest BCUT2D eigenvalue weighted by molar-refractivity contribution is 7.18. The molecule has 3 N–H and O–H groups in total. The summed E-state index contributed by atoms with van der Waals surface area (Å²) in [6.07, 6.45) is 8.63. The van der Waals surface area contributed by atoms with E-state index in [4.69, 9.17) is 27.4 Å². The van der Waals surface area contributed by atoms with Crippen molar-refractivity contribution in [3.05, 3.63) is 76.5 Å². The van der Waals surface area contributed by atoms with E-state index in [0.29, 0.717) is 6.42 Å². The first-order valence-electron chi connectivity index (χ1n) is 11.4. The summed E-state index contributed by atoms with van der Waals surface area (Å²) in [5, 5.41) is 13.5. The summed E-state index contributed by atoms with van der Waals surface area (Å²) in [7, 11) is 0. The number of nitrogens with one attached hydrogen (secondary N) is 1. The van der Waals surface area contributed by atoms with E-state index in [1.165, 1.54) is 11.9 Å². The molecule has 0 radical (unpaired) electrons. The summed E-state index contributed by atoms with van der Waals surface area (Å²) in [5.41, 5.74) is 12.1. The number of nitrogens with two attached hydrogens (primary N) is 1. The summed E-state index contributed by atoms with van der Waals surface area (Å²) in [4.78, 5) is 10.5. The Labute approximate surface area is 207 Å². The van der Waals surface area contributed by atoms with Crippen molar-refractivity contribution in [3.8, 4) is 21.3 Å². The number of halogens is 1. The lowest BCUT2D eigenvalue weighted by Gasteiger charge is -2.03. The number of H-pyrrole nitrogens is 1. The molecule has 5 rings (SSSR count). The maximum atomic E-state index is 6.08. The molecule has 0 bridgehead atoms. The molecule has 5 aromatic rings. The van der Waals surface area contributed by atoms with Gasteiger partial charge in [0.15, 0.2) is 5.82 Å². The van der Waals surface area contributed by atoms with Crippen molar-refractivity contribution >= 4 is 28.5 Å². The van der Waals surface area contributed by atoms with Gasteiger partial charge in [-0.25, -0.2) is 14.5 Å². The molecule has 0 unspecified atom stereocenters. The maximum Gasteiger partial charge on any atom is 0.167 e. The fraction of sp³-hybridized carbons (Fsp3) is 0.280. The average Bonchev–Trinajstić information content (AvgIpc) is 3.56. The number of fused-ring (bicyclic) bond motifs is 1. The second-order valence-electron chi connectivity index (χ2n) is 8.36. The molecule has 0 aliphatic rings. The smallest absolute Gasteiger partial charge is 0.167 e. The standard InChI is InChI=1S/C25H26ClN7S/c1-16-22(21-14-17(5-3-2-4-11-27)10-12-33(21)32-16)25-30-20(13-18-6-8-19(26)9-7-18)23(34-25)24-28-15-29-31-24/h6-10,12,14-15H,2-5,11,13,27H2,1H3,(H,28,29,31). The first kappa shape index (κ1) is 22.7. The van der Waals surface area contributed by atoms with Crippen LogP contribution in [0.5, 0.6) is 0 Å². The number of aryl methyl sites for hydroxylation is 2. The van der Waals surface area contributed by atoms with Crippen LogP contribution in [0.3, 0.4) is 0 Å². The molecule has 0 aliphatic heterocycles. The summed E-state index contributed by atoms with van der Waals surface area (Å²) >= 11 is 7.70. The molecule has 0 saturated carbocycles. The highest BCUT2D eigenvalue weighted by atomic mass is 35.5. The van der Waals surface area contributed by atoms with Gasteiger partial charge in [0.2, 0.25) is 0 Å². The molecule has 0 aliphatic carbocycles. The van der Waals surface area contributed by atoms with Crippen LogP contribution >= 0.6 is 22.9 Å². The Morgan fingerprint density at radius 2 is 1.94 bits per heavy atom. The fourth-order valence-electron chi connectivity index (χ4n) is 4.15. The van der Waals surface area contributed by atoms with E-state index in [1.54, 1.807) is 11.3 Å². The molecule has 174 valence electrons. The van der Waals surface area contributed by atoms with Gasteiger partial charge in [-0.05, 0) is 68.1 Å². The van der Waals surface area contributed by atoms with Crippen LogP contribution in [0.4, 0.5) is 0 Å². The second kappa shape index (κ2) is 10.0. The van der Waals surface area contributed by atoms with Crippen LogP contribution in [0.2, 0.25) is 5.02 Å². The molecule has 0 fully saturated rings. The Balaban J connectivity index is 1.54. The number of aromatic amines is 1. The summed E-state index contributed by atoms with van der Waals surface area (Å²) in [6.45, 7) is 2.79. The second-order valence-corrected chi connectivity index (χ2v) is 9.79. The van der Waals surface area contributed by atoms with Crippen LogP contribution in [-0.4, -0.2) is 36.3 Å². The van der Waals surface area contributed by atoms with Crippen molar-refractivity contribution in [1.82, 2.24) is 29.8 Å². The quantitative estimate of drug-likeness (QED) is 0.266. The van der Waals surface area contributed by atoms with Crippen LogP contribution in [0, 0.1) is 6.92 Å². The number of aromatic nitrogens is 6. The number of pyridine rings is 1. The van der Waals surface area contributed by atoms with Gasteiger partial charge in [-0.15, -0.1) is 11.3 Å². The zero-order valence-electron chi connectivity index (χ0n) is 19.0. The summed E-state index contributed by atoms with van der Waals surface area (Å²) in [6, 6.07) is 12.3. The average molecular weight is 492 g/mol. The van der Waals surface area contributed by atoms with E-state index in [0.717, 1.165) is 81.0 Å². The van der Waals surface area contributed by atoms with Gasteiger partial charge in [-0.1, -0.05) is 30.2 Å². The molecule has 0 amide bonds. The van der Waals surface area contributed by atoms with Gasteiger partial charge in [0.25, 0.3) is 0 Å². The lowest BCUT2D eigenvalue weighted by molar-refractivity contribution is 0.686. The highest BCUT2D eigenvalue weighted by Crippen LogP contribution is 2.38. The van der Waals surface area contributed by atoms with Gasteiger partial charge >= 0.3 is 0 Å². The topological polar surface area (TPSA) is 97.8 Å². The monoisotopic (exact) mass is 491 g/mol. The van der Waals surface area contributed by atoms with Crippen LogP contribution in [0.25, 0.3) is 26.8 Å². The fourth-order valence-corrected chi connectivity index (χ4v) is 5.41. The van der Waals surface area contributed by atoms with Gasteiger partial charge < -0.3 is 5.73 Å². The first-order valence-corrected chi connectivity index (χ1v) is 12.6. The van der Waals surface area contributed by atoms with Crippen molar-refractivity contribution < 1.29 is 0 Å². The van der Waals surface area contributed by atoms with Crippen molar-refractivity contribution in [2.24, 2.45) is 5.73 Å². The van der Waals surface area contributed by atoms with Crippen molar-refractivity contribution in [2.75, 3.05) is 6.54 Å². The molecular weight excluding hydrogens is 466 g/mol. The largest absolute Gasteiger partial charge is 0.330 e. The van der Waals surface area contributed by atoms with Crippen molar-refractivity contribution in [1.29, 1.82) is 0 Å². The predicted molar refractivity (Wildman–Crippen MR) is 137 cm³/mol. The van der Waals surface area contributed by atoms with Crippen LogP contribution < -0.4 is 5.73 Å². The third kappa shape index (κ3) is 4.75. The predicted octanol–water partition coefficient (Wildman–Crippen LogP) is 5.47. The minimum Gasteiger partial charge on any atom is -0.330 e. The van der Waals surface area contributed by atoms with E-state index in [1.807, 2.05) is 41.9 Å². The number of unbranched alkanes of at least 4 members (excludes halogenated alkanes) is 2. The van der Waals surface area contributed by atoms with E-state index in [-0.39, 0.29) is 0 Å². The lowest BCUT2D eigenvalue weighted by atomic mass is 10.1. The molecule has 7 nitrogen and oxygen atoms in total. The zero-order valence-corrected chi connectivity index (χ0v) is 20.5. The molecule has 0 spiro atoms. The van der Waals surface area contributed by atoms with Crippen molar-refractivity contribution in [2.45, 2.75) is 39.0 Å². The van der Waals surface area contributed by atoms with Gasteiger partial charge in [-0.3, -0.25) is 5.10 Å². The van der Waals surface area contributed by atoms with E-state index < -0.39 is 0 Å². The number of hydrogen-bond acceptors (Lipinski definition) is 6. The number of thiazole rings is 1. The number of benzene rings is 1. The van der Waals surface area contributed by atoms with Crippen LogP contribution in [0.1, 0.15) is 41.8 Å². The Morgan fingerprint density at radius 3 is 2.71 bits per heavy atom. The van der Waals surface area contributed by atoms with Crippen LogP contribution in [-0.2, 0) is 12.8 Å². The Morgan fingerprint density at radius 1 is 1.09 bits per heavy atom. The molecule has 0 saturated heterocycles. The number of hydrogen-bond donors (Lipinski definition) is 2. The zero-order chi connectivity index (χ0) is 23.5. The molecule has 0 atom stereocenters. The van der Waals surface area contributed by atoms with Crippen LogP contribution in [0.15, 0.2) is 48.9 Å². The summed E-state index contributed by atoms with van der Waals surface area (Å²) < 4.78 is 1.95. The molecule has 34 heavy (non-hydrogen) atoms. The van der Waals surface area contributed by atoms with E-state index in [9.17, 15) is 0 Å². The van der Waals surface area contributed by atoms with E-state index >= 15 is 0 Å². The molecule has 9 heteroatoms. The first-order chi connectivity index (χ1) is 16.6. The van der Waals surface area contributed by atoms with Gasteiger partial charge in [-0.2, -0.15) is 10.2 Å². The Bertz CT molecular complexity index is 1390. The van der Waals surface area contributed by atoms with Gasteiger partial charge in [0, 0.05) is 17.6 Å². The molecular formula is C25H26ClN7S.